The van der Waals surface area contributed by atoms with Crippen molar-refractivity contribution in [2.75, 3.05) is 6.61 Å². The van der Waals surface area contributed by atoms with Gasteiger partial charge in [0.25, 0.3) is 0 Å². The lowest BCUT2D eigenvalue weighted by Gasteiger charge is -2.05. The van der Waals surface area contributed by atoms with Crippen molar-refractivity contribution in [3.63, 3.8) is 0 Å². The molecule has 3 rings (SSSR count). The molecule has 0 saturated carbocycles. The lowest BCUT2D eigenvalue weighted by molar-refractivity contribution is 0.320. The van der Waals surface area contributed by atoms with Crippen LogP contribution in [-0.4, -0.2) is 11.6 Å². The molecular formula is C22H23NO2. The maximum Gasteiger partial charge on any atom is 0.226 e. The van der Waals surface area contributed by atoms with Crippen molar-refractivity contribution in [1.29, 1.82) is 0 Å². The zero-order chi connectivity index (χ0) is 17.6. The largest absolute Gasteiger partial charge is 0.493 e. The van der Waals surface area contributed by atoms with Crippen molar-refractivity contribution in [2.45, 2.75) is 27.2 Å². The Bertz CT molecular complexity index is 841. The molecule has 25 heavy (non-hydrogen) atoms. The second-order valence-electron chi connectivity index (χ2n) is 6.28. The van der Waals surface area contributed by atoms with E-state index in [-0.39, 0.29) is 0 Å². The molecule has 128 valence electrons. The quantitative estimate of drug-likeness (QED) is 0.581. The summed E-state index contributed by atoms with van der Waals surface area (Å²) >= 11 is 0. The van der Waals surface area contributed by atoms with Crippen molar-refractivity contribution in [1.82, 2.24) is 4.98 Å². The molecule has 0 spiro atoms. The standard InChI is InChI=1S/C22H23NO2/c1-16(2)15-18-9-11-20(12-10-18)24-14-13-21-17(3)25-22(23-21)19-7-5-4-6-8-19/h4-12,15H,13-14H2,1-3H3. The maximum atomic E-state index is 5.84. The zero-order valence-electron chi connectivity index (χ0n) is 15.0. The molecule has 2 aromatic carbocycles. The van der Waals surface area contributed by atoms with E-state index in [2.05, 4.69) is 37.0 Å². The number of aryl methyl sites for hydroxylation is 1. The molecule has 0 radical (unpaired) electrons. The van der Waals surface area contributed by atoms with Crippen molar-refractivity contribution in [2.24, 2.45) is 0 Å². The predicted molar refractivity (Wildman–Crippen MR) is 102 cm³/mol. The summed E-state index contributed by atoms with van der Waals surface area (Å²) < 4.78 is 11.6. The highest BCUT2D eigenvalue weighted by atomic mass is 16.5. The minimum Gasteiger partial charge on any atom is -0.493 e. The summed E-state index contributed by atoms with van der Waals surface area (Å²) in [4.78, 5) is 4.60. The molecule has 0 atom stereocenters. The molecular weight excluding hydrogens is 310 g/mol. The van der Waals surface area contributed by atoms with Gasteiger partial charge in [0, 0.05) is 12.0 Å². The van der Waals surface area contributed by atoms with Crippen molar-refractivity contribution >= 4 is 6.08 Å². The van der Waals surface area contributed by atoms with Crippen molar-refractivity contribution < 1.29 is 9.15 Å². The summed E-state index contributed by atoms with van der Waals surface area (Å²) in [5, 5.41) is 0. The number of allylic oxidation sites excluding steroid dienone is 1. The van der Waals surface area contributed by atoms with Crippen LogP contribution in [0.4, 0.5) is 0 Å². The number of benzene rings is 2. The van der Waals surface area contributed by atoms with Crippen LogP contribution in [0.2, 0.25) is 0 Å². The third-order valence-electron chi connectivity index (χ3n) is 3.86. The van der Waals surface area contributed by atoms with Gasteiger partial charge in [-0.1, -0.05) is 42.0 Å². The first-order valence-electron chi connectivity index (χ1n) is 8.51. The van der Waals surface area contributed by atoms with Gasteiger partial charge in [-0.15, -0.1) is 0 Å². The fourth-order valence-electron chi connectivity index (χ4n) is 2.62. The molecule has 0 unspecified atom stereocenters. The van der Waals surface area contributed by atoms with Crippen LogP contribution < -0.4 is 4.74 Å². The van der Waals surface area contributed by atoms with Crippen molar-refractivity contribution in [3.05, 3.63) is 77.2 Å². The minimum absolute atomic E-state index is 0.573. The van der Waals surface area contributed by atoms with E-state index < -0.39 is 0 Å². The van der Waals surface area contributed by atoms with E-state index in [1.165, 1.54) is 11.1 Å². The number of oxazole rings is 1. The van der Waals surface area contributed by atoms with Crippen LogP contribution in [0, 0.1) is 6.92 Å². The lowest BCUT2D eigenvalue weighted by atomic mass is 10.1. The van der Waals surface area contributed by atoms with E-state index in [1.54, 1.807) is 0 Å². The van der Waals surface area contributed by atoms with Gasteiger partial charge < -0.3 is 9.15 Å². The third-order valence-corrected chi connectivity index (χ3v) is 3.86. The molecule has 0 saturated heterocycles. The maximum absolute atomic E-state index is 5.84. The van der Waals surface area contributed by atoms with Gasteiger partial charge in [-0.2, -0.15) is 0 Å². The number of hydrogen-bond donors (Lipinski definition) is 0. The fraction of sp³-hybridized carbons (Fsp3) is 0.227. The molecule has 3 nitrogen and oxygen atoms in total. The Balaban J connectivity index is 1.59. The molecule has 1 heterocycles. The Morgan fingerprint density at radius 3 is 2.44 bits per heavy atom. The van der Waals surface area contributed by atoms with Gasteiger partial charge in [-0.3, -0.25) is 0 Å². The van der Waals surface area contributed by atoms with Crippen LogP contribution in [0.15, 0.2) is 64.6 Å². The minimum atomic E-state index is 0.573. The summed E-state index contributed by atoms with van der Waals surface area (Å²) in [6, 6.07) is 18.1. The molecule has 0 aliphatic rings. The monoisotopic (exact) mass is 333 g/mol. The number of nitrogens with zero attached hydrogens (tertiary/aromatic N) is 1. The Morgan fingerprint density at radius 2 is 1.76 bits per heavy atom. The van der Waals surface area contributed by atoms with Gasteiger partial charge in [-0.05, 0) is 50.6 Å². The first-order chi connectivity index (χ1) is 12.1. The van der Waals surface area contributed by atoms with E-state index in [0.29, 0.717) is 12.5 Å². The second kappa shape index (κ2) is 7.84. The van der Waals surface area contributed by atoms with E-state index in [4.69, 9.17) is 9.15 Å². The average molecular weight is 333 g/mol. The molecule has 0 amide bonds. The lowest BCUT2D eigenvalue weighted by Crippen LogP contribution is -2.02. The summed E-state index contributed by atoms with van der Waals surface area (Å²) in [6.45, 7) is 6.70. The highest BCUT2D eigenvalue weighted by molar-refractivity contribution is 5.53. The fourth-order valence-corrected chi connectivity index (χ4v) is 2.62. The Hall–Kier alpha value is -2.81. The van der Waals surface area contributed by atoms with Crippen LogP contribution in [0.3, 0.4) is 0 Å². The van der Waals surface area contributed by atoms with Gasteiger partial charge in [-0.25, -0.2) is 4.98 Å². The van der Waals surface area contributed by atoms with E-state index in [9.17, 15) is 0 Å². The summed E-state index contributed by atoms with van der Waals surface area (Å²) in [5.74, 6) is 2.39. The van der Waals surface area contributed by atoms with Crippen LogP contribution in [0.1, 0.15) is 30.9 Å². The summed E-state index contributed by atoms with van der Waals surface area (Å²) in [6.07, 6.45) is 2.87. The Kier molecular flexibility index (Phi) is 5.34. The number of rotatable bonds is 6. The Labute approximate surface area is 149 Å². The molecule has 0 bridgehead atoms. The van der Waals surface area contributed by atoms with E-state index in [1.807, 2.05) is 49.4 Å². The van der Waals surface area contributed by atoms with Crippen LogP contribution in [0.5, 0.6) is 5.75 Å². The van der Waals surface area contributed by atoms with Gasteiger partial charge in [0.1, 0.15) is 11.5 Å². The van der Waals surface area contributed by atoms with Gasteiger partial charge in [0.2, 0.25) is 5.89 Å². The normalized spacial score (nSPS) is 10.5. The van der Waals surface area contributed by atoms with Gasteiger partial charge in [0.15, 0.2) is 0 Å². The molecule has 3 heteroatoms. The molecule has 0 N–H and O–H groups in total. The van der Waals surface area contributed by atoms with Crippen molar-refractivity contribution in [3.8, 4) is 17.2 Å². The Morgan fingerprint density at radius 1 is 1.04 bits per heavy atom. The molecule has 0 fully saturated rings. The number of aromatic nitrogens is 1. The number of hydrogen-bond acceptors (Lipinski definition) is 3. The summed E-state index contributed by atoms with van der Waals surface area (Å²) in [7, 11) is 0. The molecule has 1 aromatic heterocycles. The smallest absolute Gasteiger partial charge is 0.226 e. The van der Waals surface area contributed by atoms with Crippen LogP contribution in [-0.2, 0) is 6.42 Å². The highest BCUT2D eigenvalue weighted by Crippen LogP contribution is 2.22. The summed E-state index contributed by atoms with van der Waals surface area (Å²) in [5.41, 5.74) is 4.41. The van der Waals surface area contributed by atoms with Crippen LogP contribution in [0.25, 0.3) is 17.5 Å². The zero-order valence-corrected chi connectivity index (χ0v) is 15.0. The SMILES string of the molecule is CC(C)=Cc1ccc(OCCc2nc(-c3ccccc3)oc2C)cc1. The first kappa shape index (κ1) is 17.0. The van der Waals surface area contributed by atoms with Gasteiger partial charge >= 0.3 is 0 Å². The number of ether oxygens (including phenoxy) is 1. The average Bonchev–Trinajstić information content (AvgIpc) is 2.98. The second-order valence-corrected chi connectivity index (χ2v) is 6.28. The topological polar surface area (TPSA) is 35.3 Å². The van der Waals surface area contributed by atoms with Gasteiger partial charge in [0.05, 0.1) is 12.3 Å². The van der Waals surface area contributed by atoms with E-state index >= 15 is 0 Å². The van der Waals surface area contributed by atoms with Crippen LogP contribution >= 0.6 is 0 Å². The highest BCUT2D eigenvalue weighted by Gasteiger charge is 2.11. The molecule has 0 aliphatic carbocycles. The van der Waals surface area contributed by atoms with E-state index in [0.717, 1.165) is 29.2 Å². The third kappa shape index (κ3) is 4.60. The predicted octanol–water partition coefficient (Wildman–Crippen LogP) is 5.69. The molecule has 0 aliphatic heterocycles. The first-order valence-corrected chi connectivity index (χ1v) is 8.51. The molecule has 3 aromatic rings.